The summed E-state index contributed by atoms with van der Waals surface area (Å²) in [4.78, 5) is 14.3. The molecule has 0 saturated heterocycles. The number of carbonyl (C=O) groups excluding carboxylic acids is 1. The molecule has 0 radical (unpaired) electrons. The summed E-state index contributed by atoms with van der Waals surface area (Å²) in [5, 5.41) is -0.208. The molecule has 0 fully saturated rings. The van der Waals surface area contributed by atoms with Crippen molar-refractivity contribution in [3.8, 4) is 11.1 Å². The minimum absolute atomic E-state index is 0.0739. The number of esters is 1. The number of rotatable bonds is 5. The lowest BCUT2D eigenvalue weighted by Crippen LogP contribution is -2.21. The van der Waals surface area contributed by atoms with Gasteiger partial charge in [-0.25, -0.2) is 18.0 Å². The minimum Gasteiger partial charge on any atom is -0.449 e. The second-order valence-corrected chi connectivity index (χ2v) is 10.2. The van der Waals surface area contributed by atoms with Crippen LogP contribution in [-0.2, 0) is 4.74 Å². The number of hydrogen-bond acceptors (Lipinski definition) is 3. The van der Waals surface area contributed by atoms with Gasteiger partial charge in [-0.15, -0.1) is 21.9 Å². The van der Waals surface area contributed by atoms with Gasteiger partial charge in [-0.1, -0.05) is 48.5 Å². The molecule has 0 aliphatic carbocycles. The summed E-state index contributed by atoms with van der Waals surface area (Å²) in [6, 6.07) is 17.8. The third kappa shape index (κ3) is 5.18. The maximum Gasteiger partial charge on any atom is 0.339 e. The van der Waals surface area contributed by atoms with Crippen LogP contribution in [0.15, 0.2) is 65.6 Å². The first kappa shape index (κ1) is 27.0. The topological polar surface area (TPSA) is 26.3 Å². The van der Waals surface area contributed by atoms with E-state index >= 15 is 8.78 Å². The third-order valence-corrected chi connectivity index (χ3v) is 7.45. The van der Waals surface area contributed by atoms with Gasteiger partial charge in [0.15, 0.2) is 17.7 Å². The molecule has 0 spiro atoms. The molecule has 37 heavy (non-hydrogen) atoms. The molecule has 2 atom stereocenters. The van der Waals surface area contributed by atoms with Gasteiger partial charge < -0.3 is 4.74 Å². The van der Waals surface area contributed by atoms with E-state index in [1.165, 1.54) is 6.92 Å². The lowest BCUT2D eigenvalue weighted by atomic mass is 9.93. The molecule has 0 bridgehead atoms. The highest BCUT2D eigenvalue weighted by molar-refractivity contribution is 7.80. The Morgan fingerprint density at radius 1 is 0.838 bits per heavy atom. The monoisotopic (exact) mass is 538 g/mol. The Kier molecular flexibility index (Phi) is 7.82. The van der Waals surface area contributed by atoms with E-state index in [0.29, 0.717) is 16.7 Å². The number of hydrogen-bond donors (Lipinski definition) is 1. The number of ether oxygens (including phenoxy) is 1. The van der Waals surface area contributed by atoms with Gasteiger partial charge >= 0.3 is 5.97 Å². The molecule has 2 nitrogen and oxygen atoms in total. The quantitative estimate of drug-likeness (QED) is 0.122. The van der Waals surface area contributed by atoms with Crippen LogP contribution in [0.3, 0.4) is 0 Å². The Bertz CT molecular complexity index is 1470. The Hall–Kier alpha value is -3.08. The molecular weight excluding hydrogens is 512 g/mol. The predicted octanol–water partition coefficient (Wildman–Crippen LogP) is 7.74. The predicted molar refractivity (Wildman–Crippen MR) is 147 cm³/mol. The summed E-state index contributed by atoms with van der Waals surface area (Å²) in [7, 11) is 2.01. The number of aryl methyl sites for hydroxylation is 3. The first-order valence-corrected chi connectivity index (χ1v) is 12.6. The van der Waals surface area contributed by atoms with Crippen molar-refractivity contribution in [3.63, 3.8) is 0 Å². The first-order chi connectivity index (χ1) is 17.5. The van der Waals surface area contributed by atoms with Crippen LogP contribution in [0.5, 0.6) is 0 Å². The molecule has 0 heterocycles. The molecule has 0 N–H and O–H groups in total. The van der Waals surface area contributed by atoms with Gasteiger partial charge in [0.05, 0.1) is 11.1 Å². The van der Waals surface area contributed by atoms with Gasteiger partial charge in [-0.05, 0) is 78.8 Å². The Balaban J connectivity index is 1.80. The van der Waals surface area contributed by atoms with E-state index in [9.17, 15) is 9.18 Å². The molecule has 190 valence electrons. The number of thiol groups is 1. The summed E-state index contributed by atoms with van der Waals surface area (Å²) < 4.78 is 50.9. The molecule has 4 rings (SSSR count). The van der Waals surface area contributed by atoms with Crippen molar-refractivity contribution in [3.05, 3.63) is 117 Å². The van der Waals surface area contributed by atoms with E-state index in [-0.39, 0.29) is 16.4 Å². The zero-order chi connectivity index (χ0) is 27.0. The van der Waals surface area contributed by atoms with E-state index in [1.54, 1.807) is 44.2 Å². The summed E-state index contributed by atoms with van der Waals surface area (Å²) in [5.41, 5.74) is 4.13. The second-order valence-electron chi connectivity index (χ2n) is 9.07. The van der Waals surface area contributed by atoms with Crippen LogP contribution in [0.1, 0.15) is 49.8 Å². The summed E-state index contributed by atoms with van der Waals surface area (Å²) >= 11 is 4.38. The fraction of sp³-hybridized carbons (Fsp3) is 0.167. The molecule has 0 aliphatic rings. The Labute approximate surface area is 222 Å². The van der Waals surface area contributed by atoms with Crippen molar-refractivity contribution in [2.24, 2.45) is 0 Å². The van der Waals surface area contributed by atoms with Crippen LogP contribution in [-0.4, -0.2) is 5.97 Å². The van der Waals surface area contributed by atoms with Crippen LogP contribution in [0.4, 0.5) is 13.2 Å². The average Bonchev–Trinajstić information content (AvgIpc) is 2.86. The number of benzene rings is 4. The number of halogens is 3. The largest absolute Gasteiger partial charge is 0.449 e. The molecule has 4 aromatic carbocycles. The van der Waals surface area contributed by atoms with E-state index in [0.717, 1.165) is 21.6 Å². The highest BCUT2D eigenvalue weighted by atomic mass is 32.1. The van der Waals surface area contributed by atoms with Crippen LogP contribution >= 0.6 is 21.9 Å². The van der Waals surface area contributed by atoms with Crippen molar-refractivity contribution >= 4 is 33.1 Å². The molecule has 0 aromatic heterocycles. The normalized spacial score (nSPS) is 11.9. The summed E-state index contributed by atoms with van der Waals surface area (Å²) in [6.07, 6.45) is -1.49. The second kappa shape index (κ2) is 10.7. The molecule has 7 heteroatoms. The van der Waals surface area contributed by atoms with Crippen molar-refractivity contribution in [2.45, 2.75) is 38.7 Å². The lowest BCUT2D eigenvalue weighted by molar-refractivity contribution is 0.0363. The summed E-state index contributed by atoms with van der Waals surface area (Å²) in [5.74, 6) is -4.31. The van der Waals surface area contributed by atoms with Gasteiger partial charge in [0, 0.05) is 10.2 Å². The van der Waals surface area contributed by atoms with Gasteiger partial charge in [0.25, 0.3) is 0 Å². The molecule has 0 amide bonds. The van der Waals surface area contributed by atoms with Crippen LogP contribution in [0, 0.1) is 45.1 Å². The molecule has 2 unspecified atom stereocenters. The van der Waals surface area contributed by atoms with E-state index < -0.39 is 35.1 Å². The van der Waals surface area contributed by atoms with Crippen molar-refractivity contribution in [1.82, 2.24) is 0 Å². The first-order valence-electron chi connectivity index (χ1n) is 11.6. The fourth-order valence-electron chi connectivity index (χ4n) is 4.55. The SMILES string of the molecule is Cc1cc(S)ccc1-c1cc(C)c(C(=O)OC(c2ccccc2)c2c(F)c(C)c(P)c(F)c2F)c(C)c1. The number of carbonyl (C=O) groups is 1. The minimum atomic E-state index is -1.49. The smallest absolute Gasteiger partial charge is 0.339 e. The Morgan fingerprint density at radius 2 is 1.46 bits per heavy atom. The Morgan fingerprint density at radius 3 is 2.05 bits per heavy atom. The van der Waals surface area contributed by atoms with Crippen molar-refractivity contribution in [2.75, 3.05) is 0 Å². The lowest BCUT2D eigenvalue weighted by Gasteiger charge is -2.23. The highest BCUT2D eigenvalue weighted by Crippen LogP contribution is 2.35. The molecule has 0 aliphatic heterocycles. The van der Waals surface area contributed by atoms with Gasteiger partial charge in [-0.3, -0.25) is 0 Å². The van der Waals surface area contributed by atoms with Crippen LogP contribution < -0.4 is 5.30 Å². The van der Waals surface area contributed by atoms with Crippen LogP contribution in [0.2, 0.25) is 0 Å². The van der Waals surface area contributed by atoms with E-state index in [2.05, 4.69) is 12.6 Å². The molecular formula is C30H26F3O2PS. The average molecular weight is 539 g/mol. The standard InChI is InChI=1S/C30H26F3O2PS/c1-15-14-21(37)10-11-22(15)20-12-16(2)23(17(3)13-20)30(34)35-28(19-8-6-5-7-9-19)24-25(31)18(4)29(36)27(33)26(24)32/h5-14,28,37H,36H2,1-4H3. The van der Waals surface area contributed by atoms with Crippen molar-refractivity contribution in [1.29, 1.82) is 0 Å². The van der Waals surface area contributed by atoms with Crippen LogP contribution in [0.25, 0.3) is 11.1 Å². The maximum atomic E-state index is 15.3. The molecule has 0 saturated carbocycles. The van der Waals surface area contributed by atoms with Gasteiger partial charge in [-0.2, -0.15) is 0 Å². The third-order valence-electron chi connectivity index (χ3n) is 6.48. The van der Waals surface area contributed by atoms with Gasteiger partial charge in [0.2, 0.25) is 0 Å². The van der Waals surface area contributed by atoms with Crippen molar-refractivity contribution < 1.29 is 22.7 Å². The highest BCUT2D eigenvalue weighted by Gasteiger charge is 2.32. The fourth-order valence-corrected chi connectivity index (χ4v) is 5.07. The van der Waals surface area contributed by atoms with E-state index in [4.69, 9.17) is 4.74 Å². The van der Waals surface area contributed by atoms with E-state index in [1.807, 2.05) is 46.5 Å². The van der Waals surface area contributed by atoms with Gasteiger partial charge in [0.1, 0.15) is 5.82 Å². The summed E-state index contributed by atoms with van der Waals surface area (Å²) in [6.45, 7) is 6.89. The zero-order valence-corrected chi connectivity index (χ0v) is 22.9. The zero-order valence-electron chi connectivity index (χ0n) is 20.8. The molecule has 4 aromatic rings. The maximum absolute atomic E-state index is 15.3.